The summed E-state index contributed by atoms with van der Waals surface area (Å²) in [6, 6.07) is 0.411. The fourth-order valence-electron chi connectivity index (χ4n) is 1.87. The maximum atomic E-state index is 4.57. The molecule has 0 amide bonds. The summed E-state index contributed by atoms with van der Waals surface area (Å²) in [6.07, 6.45) is 3.20. The van der Waals surface area contributed by atoms with Crippen molar-refractivity contribution < 1.29 is 0 Å². The highest BCUT2D eigenvalue weighted by molar-refractivity contribution is 7.15. The van der Waals surface area contributed by atoms with E-state index in [0.29, 0.717) is 12.0 Å². The second kappa shape index (κ2) is 7.74. The first-order valence-electron chi connectivity index (χ1n) is 7.02. The summed E-state index contributed by atoms with van der Waals surface area (Å²) in [7, 11) is 0. The molecule has 1 rings (SSSR count). The summed E-state index contributed by atoms with van der Waals surface area (Å²) in [5.41, 5.74) is 0. The van der Waals surface area contributed by atoms with Crippen molar-refractivity contribution in [2.45, 2.75) is 47.1 Å². The summed E-state index contributed by atoms with van der Waals surface area (Å²) >= 11 is 1.82. The van der Waals surface area contributed by atoms with E-state index < -0.39 is 0 Å². The van der Waals surface area contributed by atoms with Gasteiger partial charge in [-0.25, -0.2) is 4.98 Å². The molecule has 0 aliphatic rings. The Balaban J connectivity index is 2.65. The molecule has 0 saturated carbocycles. The third-order valence-electron chi connectivity index (χ3n) is 2.88. The van der Waals surface area contributed by atoms with Gasteiger partial charge in [-0.3, -0.25) is 0 Å². The maximum Gasteiger partial charge on any atom is 0.185 e. The van der Waals surface area contributed by atoms with Crippen molar-refractivity contribution in [3.63, 3.8) is 0 Å². The van der Waals surface area contributed by atoms with Gasteiger partial charge in [-0.1, -0.05) is 20.8 Å². The van der Waals surface area contributed by atoms with Crippen molar-refractivity contribution in [1.82, 2.24) is 10.3 Å². The quantitative estimate of drug-likeness (QED) is 0.780. The Kier molecular flexibility index (Phi) is 6.65. The summed E-state index contributed by atoms with van der Waals surface area (Å²) < 4.78 is 0. The largest absolute Gasteiger partial charge is 0.348 e. The van der Waals surface area contributed by atoms with E-state index in [4.69, 9.17) is 0 Å². The third kappa shape index (κ3) is 4.58. The number of hydrogen-bond donors (Lipinski definition) is 1. The van der Waals surface area contributed by atoms with E-state index in [9.17, 15) is 0 Å². The van der Waals surface area contributed by atoms with Crippen molar-refractivity contribution in [1.29, 1.82) is 0 Å². The van der Waals surface area contributed by atoms with E-state index in [2.05, 4.69) is 49.8 Å². The lowest BCUT2D eigenvalue weighted by molar-refractivity contribution is 0.577. The van der Waals surface area contributed by atoms with Gasteiger partial charge in [-0.15, -0.1) is 11.3 Å². The standard InChI is InChI=1S/C14H27N3S/c1-6-8-15-12(5)13-9-16-14(18-13)17(7-2)10-11(3)4/h9,11-12,15H,6-8,10H2,1-5H3. The molecule has 0 spiro atoms. The Morgan fingerprint density at radius 1 is 1.33 bits per heavy atom. The number of nitrogens with one attached hydrogen (secondary N) is 1. The highest BCUT2D eigenvalue weighted by Crippen LogP contribution is 2.27. The smallest absolute Gasteiger partial charge is 0.185 e. The van der Waals surface area contributed by atoms with Crippen LogP contribution in [0.2, 0.25) is 0 Å². The van der Waals surface area contributed by atoms with E-state index in [1.165, 1.54) is 11.3 Å². The molecule has 3 nitrogen and oxygen atoms in total. The molecule has 1 heterocycles. The Bertz CT molecular complexity index is 336. The maximum absolute atomic E-state index is 4.57. The van der Waals surface area contributed by atoms with Crippen LogP contribution in [-0.2, 0) is 0 Å². The monoisotopic (exact) mass is 269 g/mol. The summed E-state index contributed by atoms with van der Waals surface area (Å²) in [4.78, 5) is 8.27. The highest BCUT2D eigenvalue weighted by atomic mass is 32.1. The Morgan fingerprint density at radius 2 is 2.06 bits per heavy atom. The first kappa shape index (κ1) is 15.4. The first-order chi connectivity index (χ1) is 8.58. The average Bonchev–Trinajstić information content (AvgIpc) is 2.82. The van der Waals surface area contributed by atoms with Gasteiger partial charge in [0.2, 0.25) is 0 Å². The molecule has 1 aromatic rings. The average molecular weight is 269 g/mol. The van der Waals surface area contributed by atoms with Crippen LogP contribution < -0.4 is 10.2 Å². The van der Waals surface area contributed by atoms with Crippen LogP contribution in [0.4, 0.5) is 5.13 Å². The molecule has 1 atom stereocenters. The topological polar surface area (TPSA) is 28.2 Å². The van der Waals surface area contributed by atoms with Gasteiger partial charge in [0.1, 0.15) is 0 Å². The van der Waals surface area contributed by atoms with E-state index >= 15 is 0 Å². The van der Waals surface area contributed by atoms with Crippen LogP contribution >= 0.6 is 11.3 Å². The zero-order valence-corrected chi connectivity index (χ0v) is 13.2. The molecule has 4 heteroatoms. The van der Waals surface area contributed by atoms with E-state index in [0.717, 1.165) is 24.8 Å². The van der Waals surface area contributed by atoms with Crippen molar-refractivity contribution in [2.24, 2.45) is 5.92 Å². The molecule has 0 saturated heterocycles. The van der Waals surface area contributed by atoms with Gasteiger partial charge < -0.3 is 10.2 Å². The zero-order chi connectivity index (χ0) is 13.5. The molecule has 0 aromatic carbocycles. The van der Waals surface area contributed by atoms with E-state index in [-0.39, 0.29) is 0 Å². The van der Waals surface area contributed by atoms with Crippen LogP contribution in [0, 0.1) is 5.92 Å². The van der Waals surface area contributed by atoms with Crippen molar-refractivity contribution in [3.05, 3.63) is 11.1 Å². The molecule has 0 bridgehead atoms. The minimum absolute atomic E-state index is 0.411. The molecule has 0 aliphatic carbocycles. The number of anilines is 1. The van der Waals surface area contributed by atoms with Crippen LogP contribution in [0.1, 0.15) is 52.0 Å². The first-order valence-corrected chi connectivity index (χ1v) is 7.84. The number of aromatic nitrogens is 1. The molecule has 0 radical (unpaired) electrons. The number of nitrogens with zero attached hydrogens (tertiary/aromatic N) is 2. The molecule has 0 fully saturated rings. The second-order valence-corrected chi connectivity index (χ2v) is 6.19. The predicted molar refractivity (Wildman–Crippen MR) is 81.5 cm³/mol. The summed E-state index contributed by atoms with van der Waals surface area (Å²) in [6.45, 7) is 14.3. The lowest BCUT2D eigenvalue weighted by Crippen LogP contribution is -2.26. The van der Waals surface area contributed by atoms with Gasteiger partial charge in [-0.05, 0) is 32.7 Å². The van der Waals surface area contributed by atoms with Crippen LogP contribution in [0.3, 0.4) is 0 Å². The van der Waals surface area contributed by atoms with Crippen molar-refractivity contribution in [3.8, 4) is 0 Å². The van der Waals surface area contributed by atoms with Gasteiger partial charge in [0.05, 0.1) is 0 Å². The third-order valence-corrected chi connectivity index (χ3v) is 4.12. The molecule has 1 N–H and O–H groups in total. The SMILES string of the molecule is CCCNC(C)c1cnc(N(CC)CC(C)C)s1. The van der Waals surface area contributed by atoms with Gasteiger partial charge in [0, 0.05) is 30.2 Å². The van der Waals surface area contributed by atoms with Gasteiger partial charge in [0.25, 0.3) is 0 Å². The van der Waals surface area contributed by atoms with E-state index in [1.807, 2.05) is 17.5 Å². The van der Waals surface area contributed by atoms with Gasteiger partial charge >= 0.3 is 0 Å². The predicted octanol–water partition coefficient (Wildman–Crippen LogP) is 3.69. The number of rotatable bonds is 8. The summed E-state index contributed by atoms with van der Waals surface area (Å²) in [5.74, 6) is 0.674. The fourth-order valence-corrected chi connectivity index (χ4v) is 2.88. The van der Waals surface area contributed by atoms with Crippen LogP contribution in [0.25, 0.3) is 0 Å². The summed E-state index contributed by atoms with van der Waals surface area (Å²) in [5, 5.41) is 4.67. The molecule has 1 unspecified atom stereocenters. The Morgan fingerprint density at radius 3 is 2.61 bits per heavy atom. The second-order valence-electron chi connectivity index (χ2n) is 5.15. The fraction of sp³-hybridized carbons (Fsp3) is 0.786. The van der Waals surface area contributed by atoms with Gasteiger partial charge in [0.15, 0.2) is 5.13 Å². The lowest BCUT2D eigenvalue weighted by atomic mass is 10.2. The minimum Gasteiger partial charge on any atom is -0.348 e. The Labute approximate surface area is 116 Å². The molecular formula is C14H27N3S. The normalized spacial score (nSPS) is 13.0. The van der Waals surface area contributed by atoms with Crippen LogP contribution in [-0.4, -0.2) is 24.6 Å². The number of thiazole rings is 1. The van der Waals surface area contributed by atoms with Gasteiger partial charge in [-0.2, -0.15) is 0 Å². The zero-order valence-electron chi connectivity index (χ0n) is 12.4. The molecule has 18 heavy (non-hydrogen) atoms. The molecule has 1 aromatic heterocycles. The molecule has 0 aliphatic heterocycles. The lowest BCUT2D eigenvalue weighted by Gasteiger charge is -2.21. The van der Waals surface area contributed by atoms with Crippen molar-refractivity contribution >= 4 is 16.5 Å². The van der Waals surface area contributed by atoms with Crippen molar-refractivity contribution in [2.75, 3.05) is 24.5 Å². The van der Waals surface area contributed by atoms with Crippen LogP contribution in [0.5, 0.6) is 0 Å². The molecule has 104 valence electrons. The molecular weight excluding hydrogens is 242 g/mol. The minimum atomic E-state index is 0.411. The van der Waals surface area contributed by atoms with Crippen LogP contribution in [0.15, 0.2) is 6.20 Å². The Hall–Kier alpha value is -0.610. The number of hydrogen-bond acceptors (Lipinski definition) is 4. The highest BCUT2D eigenvalue weighted by Gasteiger charge is 2.13. The van der Waals surface area contributed by atoms with E-state index in [1.54, 1.807) is 0 Å².